The van der Waals surface area contributed by atoms with Crippen LogP contribution in [0.3, 0.4) is 0 Å². The number of benzene rings is 9. The van der Waals surface area contributed by atoms with Crippen LogP contribution in [0.4, 0.5) is 5.69 Å². The van der Waals surface area contributed by atoms with Crippen molar-refractivity contribution in [2.24, 2.45) is 54.6 Å². The van der Waals surface area contributed by atoms with E-state index in [9.17, 15) is 24.0 Å². The van der Waals surface area contributed by atoms with E-state index in [4.69, 9.17) is 47.0 Å². The Hall–Kier alpha value is -14.9. The van der Waals surface area contributed by atoms with Crippen molar-refractivity contribution < 1.29 is 49.7 Å². The van der Waals surface area contributed by atoms with Gasteiger partial charge in [0.15, 0.2) is 5.69 Å². The standard InChI is InChI=1S/C20H18N4O2.C19H14N6O2.C18H16N6O.C13H12BrNO2.C13H13NO2.C8H10BN2O.C4H9N.CH3I.BHNS.H4N2.H2O/c1-3-26-20(25)18-17(22-19(23-18)13-7-5-4-6-8-13)14-9-10-15-12-21-24(2)16(15)11-14;1-25-14-9-12(7-8-13(14)10-20-25)15-16(18-23-24-19(26)27-18)22-17(21-15)11-5-3-2-4-6-11;1-24-14-9-12(7-8-13(14)10-20-24)15-16(18(25)23-19)22-17(21-15)11-5-3-2-4-6-11;1-2-17-13(16)10-8-11(15-12(10)14)9-6-4-3-5-7-9;1-2-16-13(15)11-8-12(14-9-11)10-6-4-3-5-7-10;1-11-8-4-7(9-12)3-2-6(8)5-10;5-3-4-1-2-4;1-2;1-2-3;1-2;/h4-12H,3H2,1-2H3,(H,22,23);2-10H,1H3,(H,21,22)(H,24,26);2-10H,19H2,1H3,(H,21,22)(H,23,25);3-8,15H,2H2,1H3;3-9,14H,2H2,1H3;2-5,10-12H,1H3;4H,1-3,5H2;1H3;3H;1-2H2;1H2/i;;;;;;;1D;;;. The van der Waals surface area contributed by atoms with Crippen LogP contribution in [0.1, 0.15) is 82.2 Å². The number of carbonyl (C=O) groups is 4. The van der Waals surface area contributed by atoms with E-state index in [0.717, 1.165) is 125 Å². The third kappa shape index (κ3) is 27.9. The van der Waals surface area contributed by atoms with Gasteiger partial charge in [0, 0.05) is 114 Å². The number of halogens is 2. The molecular weight excluding hydrogens is 1930 g/mol. The Morgan fingerprint density at radius 1 is 0.610 bits per heavy atom. The summed E-state index contributed by atoms with van der Waals surface area (Å²) in [5.41, 5.74) is 25.9. The molecule has 9 aromatic carbocycles. The number of nitrogens with two attached hydrogens (primary N) is 4. The second-order valence-electron chi connectivity index (χ2n) is 28.8. The van der Waals surface area contributed by atoms with Crippen LogP contribution in [0.2, 0.25) is 0 Å². The molecule has 18 aromatic rings. The van der Waals surface area contributed by atoms with E-state index in [0.29, 0.717) is 92.1 Å². The Labute approximate surface area is 813 Å². The number of thiol groups is 1. The topological polar surface area (TPSA) is 542 Å². The Balaban J connectivity index is 0.000000182. The number of nitrogens with one attached hydrogen (secondary N) is 9. The average molecular weight is 2030 g/mol. The molecule has 2 radical (unpaired) electrons. The van der Waals surface area contributed by atoms with Gasteiger partial charge in [-0.05, 0) is 114 Å². The second-order valence-corrected chi connectivity index (χ2v) is 29.8. The minimum atomic E-state index is -0.617. The summed E-state index contributed by atoms with van der Waals surface area (Å²) in [6.45, 7) is 7.35. The Morgan fingerprint density at radius 3 is 1.44 bits per heavy atom. The van der Waals surface area contributed by atoms with Crippen LogP contribution in [0.15, 0.2) is 279 Å². The average Bonchev–Trinajstić information content (AvgIpc) is 1.62. The number of hydrazine groups is 2. The summed E-state index contributed by atoms with van der Waals surface area (Å²) < 4.78 is 35.2. The first-order valence-electron chi connectivity index (χ1n) is 42.6. The van der Waals surface area contributed by atoms with Gasteiger partial charge in [-0.3, -0.25) is 36.0 Å². The third-order valence-corrected chi connectivity index (χ3v) is 20.7. The first-order chi connectivity index (χ1) is 66.1. The molecule has 1 aliphatic carbocycles. The van der Waals surface area contributed by atoms with Gasteiger partial charge in [0.2, 0.25) is 0 Å². The molecule has 0 saturated heterocycles. The Kier molecular flexibility index (Phi) is 40.3. The number of amides is 1. The van der Waals surface area contributed by atoms with Crippen molar-refractivity contribution in [1.82, 2.24) is 84.8 Å². The molecule has 9 heterocycles. The zero-order valence-corrected chi connectivity index (χ0v) is 79.8. The number of nitrogens with zero attached hydrogens (tertiary/aromatic N) is 11. The molecule has 1 amide bonds. The number of imidazole rings is 3. The van der Waals surface area contributed by atoms with Gasteiger partial charge >= 0.3 is 55.9 Å². The SMILES string of the molecule is CCOC(=O)c1[nH]c(-c2ccccc2)nc1-c1ccc2cnn(C)c2c1.CCOC(=O)c1c[nH]c(-c2ccccc2)c1.CCOC(=O)c1cc(-c2ccccc2)[nH]c1Br.CNc1cc([B]O)ccc1C=N.Cn1ncc2ccc(-c3nc(-c4ccccc4)[nH]c3-c3n[nH]c(=O)o3)cc21.Cn1ncc2ccc(-c3nc(-c4ccccc4)[nH]c3C(=O)NN)cc21.NCC1CC1.NN.O.[2H]CI.[B]=NS. The Morgan fingerprint density at radius 2 is 1.03 bits per heavy atom. The van der Waals surface area contributed by atoms with E-state index in [1.807, 2.05) is 262 Å². The van der Waals surface area contributed by atoms with Crippen molar-refractivity contribution in [2.45, 2.75) is 33.6 Å². The molecule has 9 aromatic heterocycles. The quantitative estimate of drug-likeness (QED) is 0.00322. The van der Waals surface area contributed by atoms with Crippen LogP contribution in [-0.4, -0.2) is 173 Å². The molecule has 698 valence electrons. The second kappa shape index (κ2) is 53.1. The molecule has 1 fully saturated rings. The van der Waals surface area contributed by atoms with Crippen LogP contribution in [0.5, 0.6) is 0 Å². The molecule has 0 unspecified atom stereocenters. The van der Waals surface area contributed by atoms with Crippen LogP contribution >= 0.6 is 51.3 Å². The number of H-pyrrole nitrogens is 6. The number of nitrogen functional groups attached to an aromatic ring is 1. The number of aromatic nitrogens is 16. The molecule has 0 aliphatic heterocycles. The zero-order chi connectivity index (χ0) is 97.6. The maximum atomic E-state index is 12.5. The number of anilines is 1. The summed E-state index contributed by atoms with van der Waals surface area (Å²) in [5, 5.41) is 40.9. The van der Waals surface area contributed by atoms with E-state index in [-0.39, 0.29) is 23.3 Å². The van der Waals surface area contributed by atoms with Crippen molar-refractivity contribution in [1.29, 1.82) is 5.41 Å². The summed E-state index contributed by atoms with van der Waals surface area (Å²) in [5.74, 6) is 14.3. The number of fused-ring (bicyclic) bond motifs is 3. The fraction of sp³-hybridized carbons (Fsp3) is 0.156. The first-order valence-corrected chi connectivity index (χ1v) is 44.6. The number of rotatable bonds is 20. The van der Waals surface area contributed by atoms with Gasteiger partial charge in [0.25, 0.3) is 11.8 Å². The molecule has 0 spiro atoms. The number of esters is 3. The van der Waals surface area contributed by atoms with Gasteiger partial charge in [0.1, 0.15) is 45.9 Å². The van der Waals surface area contributed by atoms with Crippen molar-refractivity contribution in [3.63, 3.8) is 0 Å². The van der Waals surface area contributed by atoms with Gasteiger partial charge < -0.3 is 70.5 Å². The summed E-state index contributed by atoms with van der Waals surface area (Å²) in [7, 11) is 12.8. The van der Waals surface area contributed by atoms with Gasteiger partial charge in [-0.1, -0.05) is 228 Å². The number of aryl methyl sites for hydroxylation is 3. The fourth-order valence-electron chi connectivity index (χ4n) is 13.3. The van der Waals surface area contributed by atoms with E-state index >= 15 is 0 Å². The minimum absolute atomic E-state index is 0. The molecule has 0 atom stereocenters. The fourth-order valence-corrected chi connectivity index (χ4v) is 13.8. The molecule has 1 saturated carbocycles. The molecule has 20 N–H and O–H groups in total. The van der Waals surface area contributed by atoms with Crippen molar-refractivity contribution in [2.75, 3.05) is 43.6 Å². The number of hydrogen-bond donors (Lipinski definition) is 15. The normalized spacial score (nSPS) is 10.8. The summed E-state index contributed by atoms with van der Waals surface area (Å²) in [6.07, 6.45) is 11.1. The van der Waals surface area contributed by atoms with E-state index in [2.05, 4.69) is 123 Å². The maximum absolute atomic E-state index is 12.5. The molecule has 35 nitrogen and oxygen atoms in total. The van der Waals surface area contributed by atoms with Crippen LogP contribution in [0, 0.1) is 11.3 Å². The third-order valence-electron chi connectivity index (χ3n) is 20.1. The number of alkyl halides is 1. The number of hydrogen-bond acceptors (Lipinski definition) is 25. The van der Waals surface area contributed by atoms with Crippen LogP contribution in [0.25, 0.3) is 135 Å². The van der Waals surface area contributed by atoms with Gasteiger partial charge in [-0.15, -0.1) is 5.10 Å². The molecule has 19 rings (SSSR count). The predicted octanol–water partition coefficient (Wildman–Crippen LogP) is 15.0. The van der Waals surface area contributed by atoms with Crippen molar-refractivity contribution >= 4 is 140 Å². The molecule has 0 bridgehead atoms. The Bertz CT molecular complexity index is 6970. The number of aromatic amines is 6. The summed E-state index contributed by atoms with van der Waals surface area (Å²) in [6, 6.07) is 75.3. The number of ether oxygens (including phenoxy) is 3. The van der Waals surface area contributed by atoms with E-state index in [1.54, 1.807) is 84.6 Å². The van der Waals surface area contributed by atoms with Crippen LogP contribution < -0.4 is 45.2 Å². The predicted molar refractivity (Wildman–Crippen MR) is 549 cm³/mol. The van der Waals surface area contributed by atoms with Gasteiger partial charge in [0.05, 0.1) is 70.7 Å². The first kappa shape index (κ1) is 103. The molecule has 40 heteroatoms. The molecule has 136 heavy (non-hydrogen) atoms. The monoisotopic (exact) mass is 2030 g/mol. The number of carbonyl (C=O) groups excluding carboxylic acids is 4. The van der Waals surface area contributed by atoms with Gasteiger partial charge in [-0.25, -0.2) is 45.1 Å². The summed E-state index contributed by atoms with van der Waals surface area (Å²) in [4.78, 5) is 89.4. The summed E-state index contributed by atoms with van der Waals surface area (Å²) >= 11 is 8.47. The zero-order valence-electron chi connectivity index (χ0n) is 76.1. The van der Waals surface area contributed by atoms with Crippen molar-refractivity contribution in [3.05, 3.63) is 305 Å². The van der Waals surface area contributed by atoms with Crippen LogP contribution in [-0.2, 0) is 35.4 Å². The van der Waals surface area contributed by atoms with Gasteiger partial charge in [-0.2, -0.15) is 15.3 Å². The molecular formula is C96H102B2BrIN24O11S. The van der Waals surface area contributed by atoms with E-state index in [1.165, 1.54) is 19.1 Å². The van der Waals surface area contributed by atoms with Crippen molar-refractivity contribution in [3.8, 4) is 102 Å². The van der Waals surface area contributed by atoms with E-state index < -0.39 is 17.6 Å². The molecule has 1 aliphatic rings.